The maximum Gasteiger partial charge on any atom is 0.281 e. The lowest BCUT2D eigenvalue weighted by Gasteiger charge is -2.35. The van der Waals surface area contributed by atoms with Crippen LogP contribution in [0, 0.1) is 5.92 Å². The number of ether oxygens (including phenoxy) is 1. The highest BCUT2D eigenvalue weighted by Gasteiger charge is 2.34. The molecule has 0 spiro atoms. The Hall–Kier alpha value is -0.700. The van der Waals surface area contributed by atoms with Gasteiger partial charge in [-0.2, -0.15) is 17.0 Å². The number of morpholine rings is 1. The van der Waals surface area contributed by atoms with Crippen LogP contribution in [0.5, 0.6) is 0 Å². The maximum atomic E-state index is 12.3. The van der Waals surface area contributed by atoms with E-state index >= 15 is 0 Å². The van der Waals surface area contributed by atoms with Crippen molar-refractivity contribution < 1.29 is 17.9 Å². The molecule has 8 heteroatoms. The van der Waals surface area contributed by atoms with Gasteiger partial charge in [0.25, 0.3) is 10.2 Å². The van der Waals surface area contributed by atoms with Crippen LogP contribution in [0.3, 0.4) is 0 Å². The van der Waals surface area contributed by atoms with Crippen molar-refractivity contribution >= 4 is 16.1 Å². The van der Waals surface area contributed by atoms with E-state index in [0.29, 0.717) is 52.2 Å². The van der Waals surface area contributed by atoms with E-state index in [4.69, 9.17) is 4.74 Å². The number of amides is 1. The molecule has 0 unspecified atom stereocenters. The molecule has 0 aliphatic carbocycles. The van der Waals surface area contributed by atoms with E-state index in [0.717, 1.165) is 0 Å². The lowest BCUT2D eigenvalue weighted by molar-refractivity contribution is -0.140. The van der Waals surface area contributed by atoms with Crippen LogP contribution in [-0.2, 0) is 19.7 Å². The average Bonchev–Trinajstić information content (AvgIpc) is 2.47. The molecular formula is C12H23N3O4S. The van der Waals surface area contributed by atoms with Gasteiger partial charge in [-0.25, -0.2) is 0 Å². The first-order valence-electron chi connectivity index (χ1n) is 6.97. The molecule has 0 N–H and O–H groups in total. The quantitative estimate of drug-likeness (QED) is 0.696. The normalized spacial score (nSPS) is 23.2. The van der Waals surface area contributed by atoms with Gasteiger partial charge >= 0.3 is 0 Å². The van der Waals surface area contributed by atoms with Gasteiger partial charge in [0.1, 0.15) is 0 Å². The molecule has 0 radical (unpaired) electrons. The minimum atomic E-state index is -3.35. The molecule has 2 aliphatic rings. The monoisotopic (exact) mass is 305 g/mol. The van der Waals surface area contributed by atoms with Gasteiger partial charge in [-0.1, -0.05) is 0 Å². The third-order valence-electron chi connectivity index (χ3n) is 3.91. The van der Waals surface area contributed by atoms with Crippen LogP contribution < -0.4 is 0 Å². The van der Waals surface area contributed by atoms with Gasteiger partial charge in [0, 0.05) is 46.2 Å². The Balaban J connectivity index is 1.89. The first kappa shape index (κ1) is 15.7. The van der Waals surface area contributed by atoms with Gasteiger partial charge in [-0.05, 0) is 12.8 Å². The Morgan fingerprint density at radius 2 is 1.65 bits per heavy atom. The Morgan fingerprint density at radius 3 is 2.15 bits per heavy atom. The fourth-order valence-corrected chi connectivity index (χ4v) is 3.74. The molecule has 2 saturated heterocycles. The predicted octanol–water partition coefficient (Wildman–Crippen LogP) is -0.636. The van der Waals surface area contributed by atoms with E-state index in [9.17, 15) is 13.2 Å². The fraction of sp³-hybridized carbons (Fsp3) is 0.917. The van der Waals surface area contributed by atoms with Crippen molar-refractivity contribution in [1.29, 1.82) is 0 Å². The van der Waals surface area contributed by atoms with E-state index in [1.165, 1.54) is 22.7 Å². The topological polar surface area (TPSA) is 70.2 Å². The Kier molecular flexibility index (Phi) is 5.00. The van der Waals surface area contributed by atoms with Gasteiger partial charge < -0.3 is 9.64 Å². The summed E-state index contributed by atoms with van der Waals surface area (Å²) in [5.41, 5.74) is 0. The molecule has 2 fully saturated rings. The summed E-state index contributed by atoms with van der Waals surface area (Å²) in [6, 6.07) is 0. The number of piperidine rings is 1. The van der Waals surface area contributed by atoms with Gasteiger partial charge in [0.05, 0.1) is 13.2 Å². The van der Waals surface area contributed by atoms with Crippen molar-refractivity contribution in [3.05, 3.63) is 0 Å². The van der Waals surface area contributed by atoms with E-state index < -0.39 is 10.2 Å². The zero-order valence-corrected chi connectivity index (χ0v) is 12.9. The molecule has 0 aromatic carbocycles. The highest BCUT2D eigenvalue weighted by atomic mass is 32.2. The van der Waals surface area contributed by atoms with Crippen LogP contribution >= 0.6 is 0 Å². The maximum absolute atomic E-state index is 12.3. The molecule has 0 aromatic rings. The highest BCUT2D eigenvalue weighted by Crippen LogP contribution is 2.22. The molecule has 0 atom stereocenters. The van der Waals surface area contributed by atoms with Gasteiger partial charge in [0.15, 0.2) is 0 Å². The number of carbonyl (C=O) groups excluding carboxylic acids is 1. The summed E-state index contributed by atoms with van der Waals surface area (Å²) in [6.07, 6.45) is 1.20. The van der Waals surface area contributed by atoms with Crippen LogP contribution in [0.1, 0.15) is 12.8 Å². The lowest BCUT2D eigenvalue weighted by Crippen LogP contribution is -2.49. The summed E-state index contributed by atoms with van der Waals surface area (Å²) in [4.78, 5) is 14.2. The number of hydrogen-bond donors (Lipinski definition) is 0. The van der Waals surface area contributed by atoms with Gasteiger partial charge in [0.2, 0.25) is 5.91 Å². The first-order chi connectivity index (χ1) is 9.43. The summed E-state index contributed by atoms with van der Waals surface area (Å²) in [5, 5.41) is 0. The van der Waals surface area contributed by atoms with Crippen LogP contribution in [-0.4, -0.2) is 81.3 Å². The van der Waals surface area contributed by atoms with E-state index in [-0.39, 0.29) is 11.8 Å². The predicted molar refractivity (Wildman–Crippen MR) is 74.3 cm³/mol. The number of rotatable bonds is 3. The molecule has 0 aromatic heterocycles. The Bertz CT molecular complexity index is 438. The third kappa shape index (κ3) is 3.30. The largest absolute Gasteiger partial charge is 0.378 e. The third-order valence-corrected chi connectivity index (χ3v) is 5.85. The highest BCUT2D eigenvalue weighted by molar-refractivity contribution is 7.86. The molecule has 1 amide bonds. The average molecular weight is 305 g/mol. The van der Waals surface area contributed by atoms with Crippen molar-refractivity contribution in [3.63, 3.8) is 0 Å². The van der Waals surface area contributed by atoms with Gasteiger partial charge in [-0.15, -0.1) is 0 Å². The second-order valence-electron chi connectivity index (χ2n) is 5.40. The second-order valence-corrected chi connectivity index (χ2v) is 7.54. The van der Waals surface area contributed by atoms with Crippen molar-refractivity contribution in [3.8, 4) is 0 Å². The molecule has 7 nitrogen and oxygen atoms in total. The summed E-state index contributed by atoms with van der Waals surface area (Å²) in [5.74, 6) is 0.0944. The molecule has 0 bridgehead atoms. The number of hydrogen-bond acceptors (Lipinski definition) is 4. The summed E-state index contributed by atoms with van der Waals surface area (Å²) in [7, 11) is -0.296. The smallest absolute Gasteiger partial charge is 0.281 e. The van der Waals surface area contributed by atoms with E-state index in [1.807, 2.05) is 4.90 Å². The van der Waals surface area contributed by atoms with Crippen molar-refractivity contribution in [1.82, 2.24) is 13.5 Å². The lowest BCUT2D eigenvalue weighted by atomic mass is 9.96. The Labute approximate surface area is 120 Å². The molecule has 2 heterocycles. The second kappa shape index (κ2) is 6.38. The molecular weight excluding hydrogens is 282 g/mol. The number of carbonyl (C=O) groups is 1. The minimum Gasteiger partial charge on any atom is -0.378 e. The number of nitrogens with zero attached hydrogens (tertiary/aromatic N) is 3. The zero-order chi connectivity index (χ0) is 14.8. The van der Waals surface area contributed by atoms with Crippen molar-refractivity contribution in [2.24, 2.45) is 5.92 Å². The standard InChI is InChI=1S/C12H23N3O4S/c1-13(2)20(17,18)15-5-3-11(4-6-15)12(16)14-7-9-19-10-8-14/h11H,3-10H2,1-2H3. The van der Waals surface area contributed by atoms with Crippen LogP contribution in [0.4, 0.5) is 0 Å². The Morgan fingerprint density at radius 1 is 1.10 bits per heavy atom. The molecule has 116 valence electrons. The van der Waals surface area contributed by atoms with Crippen LogP contribution in [0.25, 0.3) is 0 Å². The van der Waals surface area contributed by atoms with Crippen molar-refractivity contribution in [2.75, 3.05) is 53.5 Å². The van der Waals surface area contributed by atoms with E-state index in [1.54, 1.807) is 0 Å². The zero-order valence-electron chi connectivity index (χ0n) is 12.1. The summed E-state index contributed by atoms with van der Waals surface area (Å²) >= 11 is 0. The van der Waals surface area contributed by atoms with E-state index in [2.05, 4.69) is 0 Å². The molecule has 20 heavy (non-hydrogen) atoms. The molecule has 0 saturated carbocycles. The van der Waals surface area contributed by atoms with Gasteiger partial charge in [-0.3, -0.25) is 4.79 Å². The summed E-state index contributed by atoms with van der Waals surface area (Å²) < 4.78 is 31.9. The fourth-order valence-electron chi connectivity index (χ4n) is 2.61. The van der Waals surface area contributed by atoms with Crippen molar-refractivity contribution in [2.45, 2.75) is 12.8 Å². The molecule has 2 aliphatic heterocycles. The molecule has 2 rings (SSSR count). The summed E-state index contributed by atoms with van der Waals surface area (Å²) in [6.45, 7) is 3.33. The first-order valence-corrected chi connectivity index (χ1v) is 8.37. The minimum absolute atomic E-state index is 0.0540. The van der Waals surface area contributed by atoms with Crippen LogP contribution in [0.2, 0.25) is 0 Å². The van der Waals surface area contributed by atoms with Crippen LogP contribution in [0.15, 0.2) is 0 Å². The SMILES string of the molecule is CN(C)S(=O)(=O)N1CCC(C(=O)N2CCOCC2)CC1.